The Morgan fingerprint density at radius 3 is 0.863 bits per heavy atom. The van der Waals surface area contributed by atoms with Gasteiger partial charge < -0.3 is 25.7 Å². The van der Waals surface area contributed by atoms with E-state index in [9.17, 15) is 25.2 Å². The minimum Gasteiger partial charge on any atom is -0.394 e. The summed E-state index contributed by atoms with van der Waals surface area (Å²) in [6.07, 6.45) is 78.3. The van der Waals surface area contributed by atoms with Gasteiger partial charge in [-0.2, -0.15) is 0 Å². The topological polar surface area (TPSA) is 110 Å². The molecule has 0 saturated heterocycles. The van der Waals surface area contributed by atoms with E-state index in [4.69, 9.17) is 0 Å². The highest BCUT2D eigenvalue weighted by atomic mass is 16.3. The Bertz CT molecular complexity index is 1150. The predicted octanol–water partition coefficient (Wildman–Crippen LogP) is 19.9. The largest absolute Gasteiger partial charge is 0.394 e. The third-order valence-corrected chi connectivity index (χ3v) is 15.6. The molecule has 0 aromatic rings. The second-order valence-electron chi connectivity index (χ2n) is 22.8. The van der Waals surface area contributed by atoms with E-state index in [1.54, 1.807) is 0 Å². The maximum Gasteiger partial charge on any atom is 0.249 e. The van der Waals surface area contributed by atoms with Crippen molar-refractivity contribution in [3.8, 4) is 0 Å². The maximum absolute atomic E-state index is 12.6. The lowest BCUT2D eigenvalue weighted by atomic mass is 10.00. The first-order valence-corrected chi connectivity index (χ1v) is 32.9. The molecule has 0 bridgehead atoms. The SMILES string of the molecule is CCCCCCCCCCCCCCCC/C=C\CCCCCCCCCCCCCCCCCCC(O)C(=O)NC(CO)C(O)C(O)CCC/C=C/CC/C=C/CCCCCCCCCCCCCCCC. The number of carbonyl (C=O) groups excluding carboxylic acids is 1. The van der Waals surface area contributed by atoms with Gasteiger partial charge in [-0.25, -0.2) is 0 Å². The molecule has 0 aromatic carbocycles. The third-order valence-electron chi connectivity index (χ3n) is 15.6. The van der Waals surface area contributed by atoms with E-state index in [-0.39, 0.29) is 0 Å². The van der Waals surface area contributed by atoms with Gasteiger partial charge in [-0.3, -0.25) is 4.79 Å². The van der Waals surface area contributed by atoms with Gasteiger partial charge in [-0.15, -0.1) is 0 Å². The number of hydrogen-bond acceptors (Lipinski definition) is 5. The molecule has 0 rings (SSSR count). The van der Waals surface area contributed by atoms with Crippen LogP contribution in [-0.2, 0) is 4.79 Å². The van der Waals surface area contributed by atoms with Crippen LogP contribution in [0, 0.1) is 0 Å². The Morgan fingerprint density at radius 1 is 0.329 bits per heavy atom. The van der Waals surface area contributed by atoms with Crippen molar-refractivity contribution in [2.75, 3.05) is 6.61 Å². The number of hydrogen-bond donors (Lipinski definition) is 5. The highest BCUT2D eigenvalue weighted by molar-refractivity contribution is 5.80. The van der Waals surface area contributed by atoms with Crippen molar-refractivity contribution in [2.45, 2.75) is 379 Å². The minimum atomic E-state index is -1.29. The Kier molecular flexibility index (Phi) is 60.1. The summed E-state index contributed by atoms with van der Waals surface area (Å²) in [6.45, 7) is 4.08. The molecule has 432 valence electrons. The first kappa shape index (κ1) is 71.5. The molecule has 1 amide bonds. The predicted molar refractivity (Wildman–Crippen MR) is 321 cm³/mol. The van der Waals surface area contributed by atoms with Crippen molar-refractivity contribution in [2.24, 2.45) is 0 Å². The first-order valence-electron chi connectivity index (χ1n) is 32.9. The molecule has 0 aliphatic heterocycles. The summed E-state index contributed by atoms with van der Waals surface area (Å²) >= 11 is 0. The summed E-state index contributed by atoms with van der Waals surface area (Å²) in [5.41, 5.74) is 0. The van der Waals surface area contributed by atoms with Gasteiger partial charge in [0, 0.05) is 0 Å². The number of nitrogens with one attached hydrogen (secondary N) is 1. The normalized spacial score (nSPS) is 13.8. The smallest absolute Gasteiger partial charge is 0.249 e. The lowest BCUT2D eigenvalue weighted by Gasteiger charge is -2.27. The fourth-order valence-corrected chi connectivity index (χ4v) is 10.4. The second-order valence-corrected chi connectivity index (χ2v) is 22.8. The molecule has 0 fully saturated rings. The van der Waals surface area contributed by atoms with Gasteiger partial charge in [0.1, 0.15) is 12.2 Å². The lowest BCUT2D eigenvalue weighted by Crippen LogP contribution is -2.53. The van der Waals surface area contributed by atoms with Crippen LogP contribution < -0.4 is 5.32 Å². The van der Waals surface area contributed by atoms with Gasteiger partial charge in [0.15, 0.2) is 0 Å². The molecule has 5 N–H and O–H groups in total. The van der Waals surface area contributed by atoms with Crippen molar-refractivity contribution in [3.63, 3.8) is 0 Å². The Morgan fingerprint density at radius 2 is 0.575 bits per heavy atom. The van der Waals surface area contributed by atoms with Crippen molar-refractivity contribution in [3.05, 3.63) is 36.5 Å². The molecule has 0 aliphatic carbocycles. The highest BCUT2D eigenvalue weighted by Gasteiger charge is 2.28. The molecule has 0 heterocycles. The van der Waals surface area contributed by atoms with Crippen LogP contribution in [0.2, 0.25) is 0 Å². The van der Waals surface area contributed by atoms with E-state index in [0.29, 0.717) is 19.3 Å². The summed E-state index contributed by atoms with van der Waals surface area (Å²) in [6, 6.07) is -1.01. The van der Waals surface area contributed by atoms with Crippen LogP contribution in [0.25, 0.3) is 0 Å². The zero-order valence-electron chi connectivity index (χ0n) is 49.2. The molecule has 0 aliphatic rings. The molecule has 0 radical (unpaired) electrons. The van der Waals surface area contributed by atoms with E-state index in [0.717, 1.165) is 38.5 Å². The van der Waals surface area contributed by atoms with Crippen molar-refractivity contribution in [1.29, 1.82) is 0 Å². The monoisotopic (exact) mass is 1030 g/mol. The third kappa shape index (κ3) is 55.1. The zero-order valence-corrected chi connectivity index (χ0v) is 49.2. The van der Waals surface area contributed by atoms with Gasteiger partial charge in [-0.1, -0.05) is 314 Å². The summed E-state index contributed by atoms with van der Waals surface area (Å²) in [5.74, 6) is -0.592. The van der Waals surface area contributed by atoms with E-state index < -0.39 is 36.9 Å². The Labute approximate surface area is 456 Å². The maximum atomic E-state index is 12.6. The molecule has 73 heavy (non-hydrogen) atoms. The number of aliphatic hydroxyl groups excluding tert-OH is 4. The number of aliphatic hydroxyl groups is 4. The van der Waals surface area contributed by atoms with Crippen molar-refractivity contribution in [1.82, 2.24) is 5.32 Å². The van der Waals surface area contributed by atoms with E-state index >= 15 is 0 Å². The molecular weight excluding hydrogens is 899 g/mol. The molecule has 4 unspecified atom stereocenters. The van der Waals surface area contributed by atoms with Gasteiger partial charge >= 0.3 is 0 Å². The number of carbonyl (C=O) groups is 1. The van der Waals surface area contributed by atoms with Crippen molar-refractivity contribution < 1.29 is 25.2 Å². The van der Waals surface area contributed by atoms with E-state index in [1.807, 2.05) is 0 Å². The summed E-state index contributed by atoms with van der Waals surface area (Å²) in [5, 5.41) is 44.1. The van der Waals surface area contributed by atoms with Crippen molar-refractivity contribution >= 4 is 5.91 Å². The fourth-order valence-electron chi connectivity index (χ4n) is 10.4. The molecule has 6 nitrogen and oxygen atoms in total. The van der Waals surface area contributed by atoms with E-state index in [1.165, 1.54) is 283 Å². The quantitative estimate of drug-likeness (QED) is 0.0308. The first-order chi connectivity index (χ1) is 36.0. The average molecular weight is 1030 g/mol. The number of unbranched alkanes of at least 4 members (excludes halogenated alkanes) is 46. The Balaban J connectivity index is 3.59. The number of rotatable bonds is 61. The van der Waals surface area contributed by atoms with Crippen LogP contribution >= 0.6 is 0 Å². The summed E-state index contributed by atoms with van der Waals surface area (Å²) < 4.78 is 0. The minimum absolute atomic E-state index is 0.362. The average Bonchev–Trinajstić information content (AvgIpc) is 3.40. The molecular formula is C67H129NO5. The molecule has 0 saturated carbocycles. The second kappa shape index (κ2) is 61.4. The summed E-state index contributed by atoms with van der Waals surface area (Å²) in [4.78, 5) is 12.6. The van der Waals surface area contributed by atoms with Crippen LogP contribution in [0.4, 0.5) is 0 Å². The van der Waals surface area contributed by atoms with Crippen LogP contribution in [0.15, 0.2) is 36.5 Å². The standard InChI is InChI=1S/C67H129NO5/c1-3-5-7-9-11-13-15-17-19-21-23-25-27-28-29-30-31-32-33-34-35-36-37-39-41-43-45-47-49-51-53-55-57-59-61-65(71)67(73)68-63(62-69)66(72)64(70)60-58-56-54-52-50-48-46-44-42-40-38-26-24-22-20-18-16-14-12-10-8-6-4-2/h30-31,44,46,52,54,63-66,69-72H,3-29,32-43,45,47-51,53,55-62H2,1-2H3,(H,68,73)/b31-30-,46-44+,54-52+. The lowest BCUT2D eigenvalue weighted by molar-refractivity contribution is -0.132. The van der Waals surface area contributed by atoms with Gasteiger partial charge in [0.05, 0.1) is 18.8 Å². The van der Waals surface area contributed by atoms with Crippen LogP contribution in [0.5, 0.6) is 0 Å². The molecule has 6 heteroatoms. The fraction of sp³-hybridized carbons (Fsp3) is 0.896. The molecule has 0 aromatic heterocycles. The number of allylic oxidation sites excluding steroid dienone is 6. The van der Waals surface area contributed by atoms with Gasteiger partial charge in [0.2, 0.25) is 5.91 Å². The highest BCUT2D eigenvalue weighted by Crippen LogP contribution is 2.18. The van der Waals surface area contributed by atoms with Crippen LogP contribution in [-0.4, -0.2) is 57.3 Å². The van der Waals surface area contributed by atoms with E-state index in [2.05, 4.69) is 55.6 Å². The molecule has 4 atom stereocenters. The zero-order chi connectivity index (χ0) is 53.0. The van der Waals surface area contributed by atoms with Gasteiger partial charge in [-0.05, 0) is 77.0 Å². The van der Waals surface area contributed by atoms with Crippen LogP contribution in [0.3, 0.4) is 0 Å². The van der Waals surface area contributed by atoms with Gasteiger partial charge in [0.25, 0.3) is 0 Å². The van der Waals surface area contributed by atoms with Crippen LogP contribution in [0.1, 0.15) is 354 Å². The number of amides is 1. The Hall–Kier alpha value is -1.47. The molecule has 0 spiro atoms. The summed E-state index contributed by atoms with van der Waals surface area (Å²) in [7, 11) is 0.